The van der Waals surface area contributed by atoms with Gasteiger partial charge in [-0.05, 0) is 12.0 Å². The van der Waals surface area contributed by atoms with E-state index in [4.69, 9.17) is 4.74 Å². The summed E-state index contributed by atoms with van der Waals surface area (Å²) < 4.78 is 18.1. The molecule has 2 N–H and O–H groups in total. The van der Waals surface area contributed by atoms with Crippen LogP contribution in [0.15, 0.2) is 35.3 Å². The van der Waals surface area contributed by atoms with Gasteiger partial charge in [-0.2, -0.15) is 0 Å². The number of fused-ring (bicyclic) bond motifs is 1. The maximum Gasteiger partial charge on any atom is 0.191 e. The van der Waals surface area contributed by atoms with Crippen LogP contribution in [0.25, 0.3) is 0 Å². The van der Waals surface area contributed by atoms with Crippen molar-refractivity contribution in [3.8, 4) is 0 Å². The van der Waals surface area contributed by atoms with E-state index in [1.165, 1.54) is 0 Å². The molecule has 1 saturated heterocycles. The van der Waals surface area contributed by atoms with E-state index in [9.17, 15) is 4.21 Å². The molecule has 0 radical (unpaired) electrons. The van der Waals surface area contributed by atoms with Crippen LogP contribution < -0.4 is 10.6 Å². The van der Waals surface area contributed by atoms with Crippen LogP contribution in [0.2, 0.25) is 0 Å². The van der Waals surface area contributed by atoms with Gasteiger partial charge in [-0.3, -0.25) is 9.20 Å². The SMILES string of the molecule is CN=C(NCCS(=O)Cc1ccccc1)NC1C2CCOC2C1(C)C. The minimum atomic E-state index is -0.875. The molecule has 2 fully saturated rings. The van der Waals surface area contributed by atoms with E-state index in [1.807, 2.05) is 30.3 Å². The van der Waals surface area contributed by atoms with E-state index < -0.39 is 10.8 Å². The normalized spacial score (nSPS) is 28.8. The average molecular weight is 364 g/mol. The van der Waals surface area contributed by atoms with Gasteiger partial charge in [-0.15, -0.1) is 0 Å². The standard InChI is InChI=1S/C19H29N3O2S/c1-19(2)16(15-9-11-24-17(15)19)22-18(20-3)21-10-12-25(23)13-14-7-5-4-6-8-14/h4-8,15-17H,9-13H2,1-3H3,(H2,20,21,22). The summed E-state index contributed by atoms with van der Waals surface area (Å²) in [6.45, 7) is 6.01. The Morgan fingerprint density at radius 3 is 2.84 bits per heavy atom. The van der Waals surface area contributed by atoms with E-state index in [-0.39, 0.29) is 5.41 Å². The van der Waals surface area contributed by atoms with Gasteiger partial charge in [0, 0.05) is 59.9 Å². The van der Waals surface area contributed by atoms with Crippen molar-refractivity contribution in [2.45, 2.75) is 38.2 Å². The van der Waals surface area contributed by atoms with Crippen LogP contribution in [-0.2, 0) is 21.3 Å². The molecule has 3 rings (SSSR count). The molecule has 1 aliphatic heterocycles. The lowest BCUT2D eigenvalue weighted by atomic mass is 9.57. The van der Waals surface area contributed by atoms with E-state index in [0.29, 0.717) is 36.1 Å². The minimum absolute atomic E-state index is 0.120. The highest BCUT2D eigenvalue weighted by atomic mass is 32.2. The van der Waals surface area contributed by atoms with Crippen molar-refractivity contribution >= 4 is 16.8 Å². The number of nitrogens with zero attached hydrogens (tertiary/aromatic N) is 1. The highest BCUT2D eigenvalue weighted by Crippen LogP contribution is 2.52. The fourth-order valence-electron chi connectivity index (χ4n) is 4.07. The molecular formula is C19H29N3O2S. The molecule has 1 saturated carbocycles. The molecule has 0 spiro atoms. The largest absolute Gasteiger partial charge is 0.377 e. The molecule has 5 nitrogen and oxygen atoms in total. The van der Waals surface area contributed by atoms with Crippen molar-refractivity contribution in [3.05, 3.63) is 35.9 Å². The first kappa shape index (κ1) is 18.4. The summed E-state index contributed by atoms with van der Waals surface area (Å²) in [7, 11) is 0.908. The van der Waals surface area contributed by atoms with Gasteiger partial charge in [0.1, 0.15) is 0 Å². The maximum absolute atomic E-state index is 12.2. The van der Waals surface area contributed by atoms with Gasteiger partial charge in [0.15, 0.2) is 5.96 Å². The van der Waals surface area contributed by atoms with Crippen LogP contribution in [0.3, 0.4) is 0 Å². The second-order valence-electron chi connectivity index (χ2n) is 7.46. The Labute approximate surface area is 153 Å². The first-order chi connectivity index (χ1) is 12.0. The lowest BCUT2D eigenvalue weighted by molar-refractivity contribution is -0.106. The monoisotopic (exact) mass is 363 g/mol. The Morgan fingerprint density at radius 1 is 1.36 bits per heavy atom. The van der Waals surface area contributed by atoms with E-state index >= 15 is 0 Å². The number of hydrogen-bond donors (Lipinski definition) is 2. The molecule has 2 aliphatic rings. The second-order valence-corrected chi connectivity index (χ2v) is 9.04. The molecule has 25 heavy (non-hydrogen) atoms. The number of nitrogens with one attached hydrogen (secondary N) is 2. The molecule has 4 atom stereocenters. The van der Waals surface area contributed by atoms with Crippen molar-refractivity contribution in [2.75, 3.05) is 26.0 Å². The van der Waals surface area contributed by atoms with Crippen molar-refractivity contribution in [1.29, 1.82) is 0 Å². The molecule has 1 heterocycles. The van der Waals surface area contributed by atoms with Crippen LogP contribution in [0, 0.1) is 11.3 Å². The Hall–Kier alpha value is -1.40. The Morgan fingerprint density at radius 2 is 2.12 bits per heavy atom. The maximum atomic E-state index is 12.2. The number of guanidine groups is 1. The highest BCUT2D eigenvalue weighted by molar-refractivity contribution is 7.84. The lowest BCUT2D eigenvalue weighted by Crippen LogP contribution is -2.68. The summed E-state index contributed by atoms with van der Waals surface area (Å²) in [5.41, 5.74) is 1.24. The van der Waals surface area contributed by atoms with Gasteiger partial charge in [0.2, 0.25) is 0 Å². The molecule has 1 aromatic rings. The van der Waals surface area contributed by atoms with E-state index in [2.05, 4.69) is 29.5 Å². The van der Waals surface area contributed by atoms with Crippen LogP contribution in [0.5, 0.6) is 0 Å². The van der Waals surface area contributed by atoms with Crippen LogP contribution in [0.1, 0.15) is 25.8 Å². The van der Waals surface area contributed by atoms with Crippen LogP contribution >= 0.6 is 0 Å². The number of ether oxygens (including phenoxy) is 1. The van der Waals surface area contributed by atoms with Crippen molar-refractivity contribution < 1.29 is 8.95 Å². The summed E-state index contributed by atoms with van der Waals surface area (Å²) in [6.07, 6.45) is 1.48. The van der Waals surface area contributed by atoms with E-state index in [1.54, 1.807) is 7.05 Å². The smallest absolute Gasteiger partial charge is 0.191 e. The fourth-order valence-corrected chi connectivity index (χ4v) is 5.11. The molecule has 1 aliphatic carbocycles. The lowest BCUT2D eigenvalue weighted by Gasteiger charge is -2.54. The van der Waals surface area contributed by atoms with Gasteiger partial charge in [-0.1, -0.05) is 44.2 Å². The number of aliphatic imine (C=N–C) groups is 1. The zero-order chi connectivity index (χ0) is 17.9. The molecular weight excluding hydrogens is 334 g/mol. The predicted molar refractivity (Wildman–Crippen MR) is 103 cm³/mol. The summed E-state index contributed by atoms with van der Waals surface area (Å²) in [4.78, 5) is 4.33. The molecule has 1 aromatic carbocycles. The summed E-state index contributed by atoms with van der Waals surface area (Å²) >= 11 is 0. The zero-order valence-corrected chi connectivity index (χ0v) is 16.1. The average Bonchev–Trinajstić information content (AvgIpc) is 3.05. The molecule has 4 unspecified atom stereocenters. The highest BCUT2D eigenvalue weighted by Gasteiger charge is 2.59. The Balaban J connectivity index is 1.43. The van der Waals surface area contributed by atoms with Crippen molar-refractivity contribution in [3.63, 3.8) is 0 Å². The van der Waals surface area contributed by atoms with Crippen LogP contribution in [-0.4, -0.2) is 48.3 Å². The van der Waals surface area contributed by atoms with Gasteiger partial charge in [-0.25, -0.2) is 0 Å². The van der Waals surface area contributed by atoms with Gasteiger partial charge in [0.05, 0.1) is 6.10 Å². The zero-order valence-electron chi connectivity index (χ0n) is 15.3. The molecule has 0 amide bonds. The second kappa shape index (κ2) is 7.87. The molecule has 6 heteroatoms. The van der Waals surface area contributed by atoms with Crippen molar-refractivity contribution in [1.82, 2.24) is 10.6 Å². The molecule has 138 valence electrons. The summed E-state index contributed by atoms with van der Waals surface area (Å²) in [5, 5.41) is 6.86. The quantitative estimate of drug-likeness (QED) is 0.599. The molecule has 0 aromatic heterocycles. The van der Waals surface area contributed by atoms with Crippen LogP contribution in [0.4, 0.5) is 0 Å². The summed E-state index contributed by atoms with van der Waals surface area (Å²) in [6, 6.07) is 10.4. The van der Waals surface area contributed by atoms with Crippen molar-refractivity contribution in [2.24, 2.45) is 16.3 Å². The number of hydrogen-bond acceptors (Lipinski definition) is 3. The summed E-state index contributed by atoms with van der Waals surface area (Å²) in [5.74, 6) is 2.57. The first-order valence-electron chi connectivity index (χ1n) is 9.00. The van der Waals surface area contributed by atoms with Gasteiger partial charge >= 0.3 is 0 Å². The van der Waals surface area contributed by atoms with E-state index in [0.717, 1.165) is 24.6 Å². The minimum Gasteiger partial charge on any atom is -0.377 e. The third-order valence-corrected chi connectivity index (χ3v) is 6.72. The van der Waals surface area contributed by atoms with Gasteiger partial charge < -0.3 is 15.4 Å². The third kappa shape index (κ3) is 4.06. The molecule has 0 bridgehead atoms. The number of rotatable bonds is 6. The predicted octanol–water partition coefficient (Wildman–Crippen LogP) is 1.91. The fraction of sp³-hybridized carbons (Fsp3) is 0.632. The first-order valence-corrected chi connectivity index (χ1v) is 10.5. The third-order valence-electron chi connectivity index (χ3n) is 5.41. The Kier molecular flexibility index (Phi) is 5.79. The topological polar surface area (TPSA) is 62.7 Å². The van der Waals surface area contributed by atoms with Gasteiger partial charge in [0.25, 0.3) is 0 Å². The number of benzene rings is 1. The Bertz CT molecular complexity index is 633.